The van der Waals surface area contributed by atoms with Crippen LogP contribution in [-0.2, 0) is 0 Å². The summed E-state index contributed by atoms with van der Waals surface area (Å²) in [6, 6.07) is 15.1. The molecule has 2 N–H and O–H groups in total. The number of nitrogens with two attached hydrogens (primary N) is 1. The van der Waals surface area contributed by atoms with Gasteiger partial charge >= 0.3 is 0 Å². The molecule has 1 heterocycles. The van der Waals surface area contributed by atoms with Gasteiger partial charge in [-0.1, -0.05) is 65.3 Å². The second-order valence-electron chi connectivity index (χ2n) is 4.94. The van der Waals surface area contributed by atoms with E-state index in [1.54, 1.807) is 6.07 Å². The van der Waals surface area contributed by atoms with Gasteiger partial charge in [-0.2, -0.15) is 0 Å². The van der Waals surface area contributed by atoms with Gasteiger partial charge in [-0.3, -0.25) is 0 Å². The summed E-state index contributed by atoms with van der Waals surface area (Å²) in [6.07, 6.45) is 0. The molecule has 0 bridgehead atoms. The maximum absolute atomic E-state index is 6.24. The summed E-state index contributed by atoms with van der Waals surface area (Å²) in [5, 5.41) is 10.3. The van der Waals surface area contributed by atoms with Crippen LogP contribution in [0.15, 0.2) is 53.7 Å². The van der Waals surface area contributed by atoms with Gasteiger partial charge in [0.25, 0.3) is 0 Å². The summed E-state index contributed by atoms with van der Waals surface area (Å²) >= 11 is 13.9. The van der Waals surface area contributed by atoms with E-state index in [9.17, 15) is 0 Å². The lowest BCUT2D eigenvalue weighted by atomic mass is 10.2. The zero-order chi connectivity index (χ0) is 16.4. The Labute approximate surface area is 148 Å². The Kier molecular flexibility index (Phi) is 4.80. The molecule has 2 aromatic carbocycles. The highest BCUT2D eigenvalue weighted by Gasteiger charge is 2.18. The molecule has 0 aliphatic heterocycles. The molecule has 1 aromatic heterocycles. The van der Waals surface area contributed by atoms with Gasteiger partial charge in [0.15, 0.2) is 5.82 Å². The molecule has 0 fully saturated rings. The van der Waals surface area contributed by atoms with Gasteiger partial charge in [-0.25, -0.2) is 4.68 Å². The largest absolute Gasteiger partial charge is 0.335 e. The predicted molar refractivity (Wildman–Crippen MR) is 96.3 cm³/mol. The van der Waals surface area contributed by atoms with E-state index in [2.05, 4.69) is 17.1 Å². The molecule has 4 nitrogen and oxygen atoms in total. The second kappa shape index (κ2) is 6.83. The Hall–Kier alpha value is -1.69. The van der Waals surface area contributed by atoms with Crippen LogP contribution in [0.4, 0.5) is 0 Å². The third kappa shape index (κ3) is 3.32. The van der Waals surface area contributed by atoms with Gasteiger partial charge in [-0.15, -0.1) is 10.2 Å². The molecule has 23 heavy (non-hydrogen) atoms. The van der Waals surface area contributed by atoms with Crippen molar-refractivity contribution in [3.05, 3.63) is 64.1 Å². The van der Waals surface area contributed by atoms with E-state index in [0.717, 1.165) is 16.1 Å². The van der Waals surface area contributed by atoms with Crippen molar-refractivity contribution >= 4 is 35.0 Å². The third-order valence-corrected chi connectivity index (χ3v) is 5.18. The first kappa shape index (κ1) is 16.2. The molecule has 7 heteroatoms. The van der Waals surface area contributed by atoms with Gasteiger partial charge in [0, 0.05) is 15.8 Å². The number of rotatable bonds is 4. The number of nitrogen functional groups attached to an aromatic ring is 1. The molecule has 0 aliphatic rings. The lowest BCUT2D eigenvalue weighted by molar-refractivity contribution is 0.844. The van der Waals surface area contributed by atoms with Crippen LogP contribution in [0.2, 0.25) is 10.0 Å². The molecule has 0 unspecified atom stereocenters. The van der Waals surface area contributed by atoms with Crippen molar-refractivity contribution in [3.8, 4) is 11.4 Å². The molecule has 0 aliphatic carbocycles. The standard InChI is InChI=1S/C16H14Cl2N4S/c1-10(11-6-2-4-8-13(11)17)23-16-21-20-15(22(16)19)12-7-3-5-9-14(12)18/h2-10H,19H2,1H3/t10-/m1/s1. The van der Waals surface area contributed by atoms with Gasteiger partial charge in [0.2, 0.25) is 5.16 Å². The second-order valence-corrected chi connectivity index (χ2v) is 7.06. The van der Waals surface area contributed by atoms with Gasteiger partial charge in [0.05, 0.1) is 5.02 Å². The maximum Gasteiger partial charge on any atom is 0.210 e. The Morgan fingerprint density at radius 2 is 1.65 bits per heavy atom. The van der Waals surface area contributed by atoms with Crippen molar-refractivity contribution in [2.75, 3.05) is 5.84 Å². The van der Waals surface area contributed by atoms with Crippen LogP contribution < -0.4 is 5.84 Å². The lowest BCUT2D eigenvalue weighted by Gasteiger charge is -2.12. The number of halogens is 2. The average Bonchev–Trinajstić information content (AvgIpc) is 2.89. The summed E-state index contributed by atoms with van der Waals surface area (Å²) in [7, 11) is 0. The molecule has 3 aromatic rings. The zero-order valence-electron chi connectivity index (χ0n) is 12.3. The Bertz CT molecular complexity index is 834. The third-order valence-electron chi connectivity index (χ3n) is 3.40. The number of thioether (sulfide) groups is 1. The highest BCUT2D eigenvalue weighted by atomic mass is 35.5. The Morgan fingerprint density at radius 3 is 2.35 bits per heavy atom. The van der Waals surface area contributed by atoms with Crippen LogP contribution in [0.1, 0.15) is 17.7 Å². The number of aromatic nitrogens is 3. The quantitative estimate of drug-likeness (QED) is 0.532. The monoisotopic (exact) mass is 364 g/mol. The van der Waals surface area contributed by atoms with E-state index >= 15 is 0 Å². The SMILES string of the molecule is C[C@@H](Sc1nnc(-c2ccccc2Cl)n1N)c1ccccc1Cl. The van der Waals surface area contributed by atoms with E-state index in [-0.39, 0.29) is 5.25 Å². The summed E-state index contributed by atoms with van der Waals surface area (Å²) in [6.45, 7) is 2.05. The van der Waals surface area contributed by atoms with Crippen molar-refractivity contribution in [1.29, 1.82) is 0 Å². The van der Waals surface area contributed by atoms with Crippen molar-refractivity contribution in [1.82, 2.24) is 14.9 Å². The Morgan fingerprint density at radius 1 is 1.00 bits per heavy atom. The van der Waals surface area contributed by atoms with Gasteiger partial charge < -0.3 is 5.84 Å². The summed E-state index contributed by atoms with van der Waals surface area (Å²) in [5.41, 5.74) is 1.78. The van der Waals surface area contributed by atoms with Crippen LogP contribution in [0.25, 0.3) is 11.4 Å². The normalized spacial score (nSPS) is 12.3. The molecule has 1 atom stereocenters. The van der Waals surface area contributed by atoms with Crippen molar-refractivity contribution in [2.24, 2.45) is 0 Å². The first-order valence-electron chi connectivity index (χ1n) is 6.94. The highest BCUT2D eigenvalue weighted by Crippen LogP contribution is 2.37. The molecule has 0 amide bonds. The van der Waals surface area contributed by atoms with E-state index in [0.29, 0.717) is 16.0 Å². The maximum atomic E-state index is 6.24. The fraction of sp³-hybridized carbons (Fsp3) is 0.125. The van der Waals surface area contributed by atoms with E-state index in [1.807, 2.05) is 42.5 Å². The molecule has 3 rings (SSSR count). The lowest BCUT2D eigenvalue weighted by Crippen LogP contribution is -2.12. The first-order chi connectivity index (χ1) is 11.1. The molecule has 0 spiro atoms. The van der Waals surface area contributed by atoms with Crippen LogP contribution in [0.3, 0.4) is 0 Å². The van der Waals surface area contributed by atoms with E-state index < -0.39 is 0 Å². The number of nitrogens with zero attached hydrogens (tertiary/aromatic N) is 3. The van der Waals surface area contributed by atoms with Crippen LogP contribution in [-0.4, -0.2) is 14.9 Å². The summed E-state index contributed by atoms with van der Waals surface area (Å²) in [5.74, 6) is 6.68. The van der Waals surface area contributed by atoms with Crippen LogP contribution >= 0.6 is 35.0 Å². The van der Waals surface area contributed by atoms with Crippen LogP contribution in [0, 0.1) is 0 Å². The van der Waals surface area contributed by atoms with Crippen LogP contribution in [0.5, 0.6) is 0 Å². The molecular formula is C16H14Cl2N4S. The van der Waals surface area contributed by atoms with Crippen molar-refractivity contribution in [2.45, 2.75) is 17.3 Å². The first-order valence-corrected chi connectivity index (χ1v) is 8.58. The topological polar surface area (TPSA) is 56.7 Å². The van der Waals surface area contributed by atoms with E-state index in [4.69, 9.17) is 29.0 Å². The summed E-state index contributed by atoms with van der Waals surface area (Å²) < 4.78 is 1.46. The fourth-order valence-corrected chi connectivity index (χ4v) is 3.73. The smallest absolute Gasteiger partial charge is 0.210 e. The molecule has 0 saturated heterocycles. The van der Waals surface area contributed by atoms with E-state index in [1.165, 1.54) is 16.4 Å². The average molecular weight is 365 g/mol. The fourth-order valence-electron chi connectivity index (χ4n) is 2.21. The molecule has 0 saturated carbocycles. The zero-order valence-corrected chi connectivity index (χ0v) is 14.6. The summed E-state index contributed by atoms with van der Waals surface area (Å²) in [4.78, 5) is 0. The highest BCUT2D eigenvalue weighted by molar-refractivity contribution is 7.99. The van der Waals surface area contributed by atoms with Gasteiger partial charge in [-0.05, 0) is 30.7 Å². The molecular weight excluding hydrogens is 351 g/mol. The number of hydrogen-bond acceptors (Lipinski definition) is 4. The van der Waals surface area contributed by atoms with Crippen molar-refractivity contribution < 1.29 is 0 Å². The molecule has 0 radical (unpaired) electrons. The minimum absolute atomic E-state index is 0.0919. The van der Waals surface area contributed by atoms with Gasteiger partial charge in [0.1, 0.15) is 0 Å². The van der Waals surface area contributed by atoms with Crippen molar-refractivity contribution in [3.63, 3.8) is 0 Å². The minimum Gasteiger partial charge on any atom is -0.335 e. The molecule has 118 valence electrons. The Balaban J connectivity index is 1.89. The minimum atomic E-state index is 0.0919. The predicted octanol–water partition coefficient (Wildman–Crippen LogP) is 4.82. The number of benzene rings is 2. The number of hydrogen-bond donors (Lipinski definition) is 1.